The molecule has 2 heterocycles. The van der Waals surface area contributed by atoms with Crippen LogP contribution in [-0.4, -0.2) is 26.5 Å². The molecule has 0 bridgehead atoms. The molecule has 0 saturated carbocycles. The third-order valence-electron chi connectivity index (χ3n) is 2.66. The Morgan fingerprint density at radius 1 is 1.44 bits per heavy atom. The molecule has 0 aliphatic rings. The Hall–Kier alpha value is -1.62. The summed E-state index contributed by atoms with van der Waals surface area (Å²) in [4.78, 5) is 0. The number of aryl methyl sites for hydroxylation is 2. The zero-order valence-electron chi connectivity index (χ0n) is 9.70. The van der Waals surface area contributed by atoms with Gasteiger partial charge in [-0.1, -0.05) is 0 Å². The minimum Gasteiger partial charge on any atom is -0.311 e. The van der Waals surface area contributed by atoms with E-state index in [9.17, 15) is 0 Å². The van der Waals surface area contributed by atoms with Crippen LogP contribution >= 0.6 is 0 Å². The van der Waals surface area contributed by atoms with Crippen molar-refractivity contribution in [3.63, 3.8) is 0 Å². The van der Waals surface area contributed by atoms with Crippen LogP contribution in [0.1, 0.15) is 17.0 Å². The normalized spacial score (nSPS) is 10.9. The van der Waals surface area contributed by atoms with E-state index in [0.717, 1.165) is 31.0 Å². The highest BCUT2D eigenvalue weighted by molar-refractivity contribution is 5.22. The van der Waals surface area contributed by atoms with Crippen molar-refractivity contribution in [3.05, 3.63) is 35.4 Å². The molecule has 0 unspecified atom stereocenters. The van der Waals surface area contributed by atoms with E-state index in [4.69, 9.17) is 0 Å². The van der Waals surface area contributed by atoms with Crippen LogP contribution < -0.4 is 5.32 Å². The van der Waals surface area contributed by atoms with Gasteiger partial charge >= 0.3 is 0 Å². The Labute approximate surface area is 94.9 Å². The van der Waals surface area contributed by atoms with Crippen LogP contribution in [0.4, 0.5) is 0 Å². The van der Waals surface area contributed by atoms with Gasteiger partial charge in [0, 0.05) is 36.7 Å². The Morgan fingerprint density at radius 2 is 2.31 bits per heavy atom. The zero-order valence-corrected chi connectivity index (χ0v) is 9.70. The smallest absolute Gasteiger partial charge is 0.0638 e. The van der Waals surface area contributed by atoms with Crippen molar-refractivity contribution in [1.29, 1.82) is 0 Å². The molecular weight excluding hydrogens is 202 g/mol. The first-order valence-electron chi connectivity index (χ1n) is 5.46. The number of rotatable bonds is 5. The lowest BCUT2D eigenvalue weighted by Gasteiger charge is -2.05. The van der Waals surface area contributed by atoms with Crippen LogP contribution in [0.15, 0.2) is 18.5 Å². The van der Waals surface area contributed by atoms with Gasteiger partial charge < -0.3 is 5.32 Å². The van der Waals surface area contributed by atoms with E-state index < -0.39 is 0 Å². The SMILES string of the molecule is Cc1n[nH]c(C)c1CNCCn1cccn1. The van der Waals surface area contributed by atoms with Crippen LogP contribution in [0.2, 0.25) is 0 Å². The van der Waals surface area contributed by atoms with Gasteiger partial charge in [0.25, 0.3) is 0 Å². The summed E-state index contributed by atoms with van der Waals surface area (Å²) in [6.45, 7) is 6.72. The molecule has 2 rings (SSSR count). The predicted octanol–water partition coefficient (Wildman–Crippen LogP) is 1.01. The number of nitrogens with zero attached hydrogens (tertiary/aromatic N) is 3. The monoisotopic (exact) mass is 219 g/mol. The average molecular weight is 219 g/mol. The summed E-state index contributed by atoms with van der Waals surface area (Å²) in [5.74, 6) is 0. The molecule has 0 fully saturated rings. The minimum atomic E-state index is 0.857. The molecule has 86 valence electrons. The van der Waals surface area contributed by atoms with Crippen LogP contribution in [0, 0.1) is 13.8 Å². The molecule has 5 nitrogen and oxygen atoms in total. The maximum Gasteiger partial charge on any atom is 0.0638 e. The van der Waals surface area contributed by atoms with Gasteiger partial charge in [0.15, 0.2) is 0 Å². The first-order chi connectivity index (χ1) is 7.77. The standard InChI is InChI=1S/C11H17N5/c1-9-11(10(2)15-14-9)8-12-5-7-16-6-3-4-13-16/h3-4,6,12H,5,7-8H2,1-2H3,(H,14,15). The number of H-pyrrole nitrogens is 1. The Balaban J connectivity index is 1.76. The highest BCUT2D eigenvalue weighted by Crippen LogP contribution is 2.07. The first-order valence-corrected chi connectivity index (χ1v) is 5.46. The molecule has 5 heteroatoms. The molecule has 0 aromatic carbocycles. The number of nitrogens with one attached hydrogen (secondary N) is 2. The van der Waals surface area contributed by atoms with Gasteiger partial charge in [-0.2, -0.15) is 10.2 Å². The van der Waals surface area contributed by atoms with Gasteiger partial charge in [-0.05, 0) is 19.9 Å². The lowest BCUT2D eigenvalue weighted by Crippen LogP contribution is -2.20. The maximum atomic E-state index is 4.16. The van der Waals surface area contributed by atoms with Crippen molar-refractivity contribution in [2.75, 3.05) is 6.54 Å². The van der Waals surface area contributed by atoms with Crippen LogP contribution in [-0.2, 0) is 13.1 Å². The fraction of sp³-hybridized carbons (Fsp3) is 0.455. The van der Waals surface area contributed by atoms with Crippen molar-refractivity contribution in [3.8, 4) is 0 Å². The van der Waals surface area contributed by atoms with E-state index in [-0.39, 0.29) is 0 Å². The van der Waals surface area contributed by atoms with Gasteiger partial charge in [-0.15, -0.1) is 0 Å². The van der Waals surface area contributed by atoms with Crippen molar-refractivity contribution >= 4 is 0 Å². The molecule has 0 aliphatic carbocycles. The topological polar surface area (TPSA) is 58.5 Å². The summed E-state index contributed by atoms with van der Waals surface area (Å²) in [5.41, 5.74) is 3.48. The Bertz CT molecular complexity index is 410. The highest BCUT2D eigenvalue weighted by Gasteiger charge is 2.04. The third-order valence-corrected chi connectivity index (χ3v) is 2.66. The molecule has 0 aliphatic heterocycles. The largest absolute Gasteiger partial charge is 0.311 e. The van der Waals surface area contributed by atoms with Gasteiger partial charge in [0.2, 0.25) is 0 Å². The van der Waals surface area contributed by atoms with E-state index in [1.54, 1.807) is 6.20 Å². The molecule has 2 aromatic rings. The van der Waals surface area contributed by atoms with Crippen molar-refractivity contribution in [2.45, 2.75) is 26.9 Å². The van der Waals surface area contributed by atoms with Crippen molar-refractivity contribution in [2.24, 2.45) is 0 Å². The average Bonchev–Trinajstić information content (AvgIpc) is 2.87. The van der Waals surface area contributed by atoms with Gasteiger partial charge in [-0.3, -0.25) is 9.78 Å². The molecule has 2 aromatic heterocycles. The summed E-state index contributed by atoms with van der Waals surface area (Å²) in [7, 11) is 0. The summed E-state index contributed by atoms with van der Waals surface area (Å²) < 4.78 is 1.92. The minimum absolute atomic E-state index is 0.857. The summed E-state index contributed by atoms with van der Waals surface area (Å²) in [5, 5.41) is 14.7. The van der Waals surface area contributed by atoms with Gasteiger partial charge in [0.05, 0.1) is 12.2 Å². The Kier molecular flexibility index (Phi) is 3.36. The second-order valence-corrected chi connectivity index (χ2v) is 3.86. The van der Waals surface area contributed by atoms with E-state index in [1.807, 2.05) is 30.8 Å². The van der Waals surface area contributed by atoms with Crippen molar-refractivity contribution < 1.29 is 0 Å². The third kappa shape index (κ3) is 2.49. The maximum absolute atomic E-state index is 4.16. The number of hydrogen-bond acceptors (Lipinski definition) is 3. The molecular formula is C11H17N5. The number of aromatic nitrogens is 4. The molecule has 0 amide bonds. The van der Waals surface area contributed by atoms with Crippen molar-refractivity contribution in [1.82, 2.24) is 25.3 Å². The predicted molar refractivity (Wildman–Crippen MR) is 62.0 cm³/mol. The molecule has 0 spiro atoms. The van der Waals surface area contributed by atoms with Crippen LogP contribution in [0.3, 0.4) is 0 Å². The Morgan fingerprint density at radius 3 is 2.94 bits per heavy atom. The van der Waals surface area contributed by atoms with E-state index in [2.05, 4.69) is 20.6 Å². The molecule has 2 N–H and O–H groups in total. The number of hydrogen-bond donors (Lipinski definition) is 2. The molecule has 0 radical (unpaired) electrons. The molecule has 16 heavy (non-hydrogen) atoms. The summed E-state index contributed by atoms with van der Waals surface area (Å²) in [6.07, 6.45) is 3.76. The zero-order chi connectivity index (χ0) is 11.4. The van der Waals surface area contributed by atoms with E-state index in [0.29, 0.717) is 0 Å². The number of aromatic amines is 1. The first kappa shape index (κ1) is 10.9. The fourth-order valence-electron chi connectivity index (χ4n) is 1.67. The van der Waals surface area contributed by atoms with E-state index in [1.165, 1.54) is 5.56 Å². The lowest BCUT2D eigenvalue weighted by molar-refractivity contribution is 0.554. The van der Waals surface area contributed by atoms with Gasteiger partial charge in [-0.25, -0.2) is 0 Å². The second-order valence-electron chi connectivity index (χ2n) is 3.86. The van der Waals surface area contributed by atoms with Crippen LogP contribution in [0.5, 0.6) is 0 Å². The lowest BCUT2D eigenvalue weighted by atomic mass is 10.2. The van der Waals surface area contributed by atoms with Crippen LogP contribution in [0.25, 0.3) is 0 Å². The summed E-state index contributed by atoms with van der Waals surface area (Å²) >= 11 is 0. The molecule has 0 saturated heterocycles. The van der Waals surface area contributed by atoms with E-state index >= 15 is 0 Å². The second kappa shape index (κ2) is 4.94. The summed E-state index contributed by atoms with van der Waals surface area (Å²) in [6, 6.07) is 1.93. The van der Waals surface area contributed by atoms with Gasteiger partial charge in [0.1, 0.15) is 0 Å². The fourth-order valence-corrected chi connectivity index (χ4v) is 1.67. The quantitative estimate of drug-likeness (QED) is 0.738. The highest BCUT2D eigenvalue weighted by atomic mass is 15.3. The molecule has 0 atom stereocenters.